The minimum atomic E-state index is -0.371. The number of hydrogen-bond donors (Lipinski definition) is 1. The zero-order valence-corrected chi connectivity index (χ0v) is 12.5. The Morgan fingerprint density at radius 1 is 1.45 bits per heavy atom. The minimum absolute atomic E-state index is 0.127. The van der Waals surface area contributed by atoms with E-state index in [0.717, 1.165) is 16.3 Å². The van der Waals surface area contributed by atoms with Crippen LogP contribution in [0.25, 0.3) is 0 Å². The smallest absolute Gasteiger partial charge is 0.269 e. The van der Waals surface area contributed by atoms with Gasteiger partial charge in [0.15, 0.2) is 0 Å². The van der Waals surface area contributed by atoms with Crippen LogP contribution in [0.2, 0.25) is 0 Å². The van der Waals surface area contributed by atoms with E-state index in [-0.39, 0.29) is 16.7 Å². The highest BCUT2D eigenvalue weighted by Crippen LogP contribution is 2.24. The summed E-state index contributed by atoms with van der Waals surface area (Å²) < 4.78 is 0. The number of benzene rings is 1. The first-order valence-corrected chi connectivity index (χ1v) is 7.19. The van der Waals surface area contributed by atoms with Crippen molar-refractivity contribution in [1.29, 1.82) is 0 Å². The minimum Gasteiger partial charge on any atom is -0.305 e. The third-order valence-corrected chi connectivity index (χ3v) is 4.32. The number of nitro benzene ring substituents is 1. The Morgan fingerprint density at radius 2 is 2.20 bits per heavy atom. The number of aryl methyl sites for hydroxylation is 2. The van der Waals surface area contributed by atoms with E-state index in [1.165, 1.54) is 10.9 Å². The van der Waals surface area contributed by atoms with Gasteiger partial charge < -0.3 is 5.32 Å². The van der Waals surface area contributed by atoms with Gasteiger partial charge in [-0.25, -0.2) is 4.98 Å². The molecule has 5 nitrogen and oxygen atoms in total. The molecule has 1 aromatic carbocycles. The molecule has 20 heavy (non-hydrogen) atoms. The van der Waals surface area contributed by atoms with Gasteiger partial charge in [-0.05, 0) is 26.3 Å². The fourth-order valence-corrected chi connectivity index (χ4v) is 3.05. The van der Waals surface area contributed by atoms with Crippen molar-refractivity contribution in [2.45, 2.75) is 33.4 Å². The predicted molar refractivity (Wildman–Crippen MR) is 79.9 cm³/mol. The van der Waals surface area contributed by atoms with Crippen LogP contribution in [0, 0.1) is 24.0 Å². The summed E-state index contributed by atoms with van der Waals surface area (Å²) in [6.45, 7) is 6.68. The standard InChI is InChI=1S/C14H17N3O2S/c1-9(14-10(2)16-11(3)20-14)15-8-12-5-4-6-13(7-12)17(18)19/h4-7,9,15H,8H2,1-3H3. The number of nitrogens with one attached hydrogen (secondary N) is 1. The lowest BCUT2D eigenvalue weighted by atomic mass is 10.2. The summed E-state index contributed by atoms with van der Waals surface area (Å²) in [5.41, 5.74) is 2.08. The van der Waals surface area contributed by atoms with Gasteiger partial charge in [-0.15, -0.1) is 11.3 Å². The Labute approximate surface area is 121 Å². The van der Waals surface area contributed by atoms with Gasteiger partial charge in [-0.1, -0.05) is 12.1 Å². The molecule has 1 N–H and O–H groups in total. The van der Waals surface area contributed by atoms with Crippen molar-refractivity contribution in [2.75, 3.05) is 0 Å². The van der Waals surface area contributed by atoms with Crippen LogP contribution in [0.15, 0.2) is 24.3 Å². The van der Waals surface area contributed by atoms with E-state index in [0.29, 0.717) is 6.54 Å². The Morgan fingerprint density at radius 3 is 2.80 bits per heavy atom. The normalized spacial score (nSPS) is 12.3. The third kappa shape index (κ3) is 3.40. The molecule has 1 heterocycles. The molecule has 0 saturated carbocycles. The van der Waals surface area contributed by atoms with Crippen molar-refractivity contribution in [3.63, 3.8) is 0 Å². The monoisotopic (exact) mass is 291 g/mol. The van der Waals surface area contributed by atoms with E-state index in [2.05, 4.69) is 17.2 Å². The van der Waals surface area contributed by atoms with Gasteiger partial charge in [0.2, 0.25) is 0 Å². The lowest BCUT2D eigenvalue weighted by Gasteiger charge is -2.12. The second-order valence-electron chi connectivity index (χ2n) is 4.71. The number of hydrogen-bond acceptors (Lipinski definition) is 5. The molecule has 1 aromatic heterocycles. The molecular weight excluding hydrogens is 274 g/mol. The molecule has 2 rings (SSSR count). The maximum absolute atomic E-state index is 10.7. The van der Waals surface area contributed by atoms with E-state index < -0.39 is 0 Å². The molecule has 1 unspecified atom stereocenters. The molecule has 0 bridgehead atoms. The second kappa shape index (κ2) is 6.11. The number of nitrogens with zero attached hydrogens (tertiary/aromatic N) is 2. The zero-order valence-electron chi connectivity index (χ0n) is 11.7. The zero-order chi connectivity index (χ0) is 14.7. The maximum atomic E-state index is 10.7. The fraction of sp³-hybridized carbons (Fsp3) is 0.357. The van der Waals surface area contributed by atoms with Crippen LogP contribution >= 0.6 is 11.3 Å². The lowest BCUT2D eigenvalue weighted by Crippen LogP contribution is -2.17. The molecule has 0 radical (unpaired) electrons. The molecule has 0 amide bonds. The van der Waals surface area contributed by atoms with Crippen molar-refractivity contribution in [3.8, 4) is 0 Å². The van der Waals surface area contributed by atoms with Crippen molar-refractivity contribution in [3.05, 3.63) is 55.5 Å². The first-order valence-electron chi connectivity index (χ1n) is 6.38. The molecule has 0 aliphatic rings. The highest BCUT2D eigenvalue weighted by molar-refractivity contribution is 7.11. The van der Waals surface area contributed by atoms with Crippen LogP contribution in [0.4, 0.5) is 5.69 Å². The van der Waals surface area contributed by atoms with Crippen LogP contribution in [0.5, 0.6) is 0 Å². The summed E-state index contributed by atoms with van der Waals surface area (Å²) >= 11 is 1.68. The molecule has 106 valence electrons. The number of non-ortho nitro benzene ring substituents is 1. The Bertz CT molecular complexity index is 625. The summed E-state index contributed by atoms with van der Waals surface area (Å²) in [6.07, 6.45) is 0. The molecule has 0 aliphatic heterocycles. The summed E-state index contributed by atoms with van der Waals surface area (Å²) in [5, 5.41) is 15.2. The van der Waals surface area contributed by atoms with Crippen LogP contribution in [0.3, 0.4) is 0 Å². The Hall–Kier alpha value is -1.79. The Kier molecular flexibility index (Phi) is 4.46. The molecule has 0 aliphatic carbocycles. The van der Waals surface area contributed by atoms with E-state index in [4.69, 9.17) is 0 Å². The predicted octanol–water partition coefficient (Wildman–Crippen LogP) is 3.52. The van der Waals surface area contributed by atoms with Crippen molar-refractivity contribution < 1.29 is 4.92 Å². The van der Waals surface area contributed by atoms with E-state index in [1.54, 1.807) is 23.5 Å². The average molecular weight is 291 g/mol. The largest absolute Gasteiger partial charge is 0.305 e. The number of nitro groups is 1. The summed E-state index contributed by atoms with van der Waals surface area (Å²) in [4.78, 5) is 16.0. The molecule has 1 atom stereocenters. The van der Waals surface area contributed by atoms with Gasteiger partial charge >= 0.3 is 0 Å². The van der Waals surface area contributed by atoms with Crippen LogP contribution in [0.1, 0.15) is 34.1 Å². The van der Waals surface area contributed by atoms with Gasteiger partial charge in [0, 0.05) is 29.6 Å². The molecular formula is C14H17N3O2S. The maximum Gasteiger partial charge on any atom is 0.269 e. The van der Waals surface area contributed by atoms with Gasteiger partial charge in [-0.2, -0.15) is 0 Å². The molecule has 0 fully saturated rings. The van der Waals surface area contributed by atoms with Gasteiger partial charge in [-0.3, -0.25) is 10.1 Å². The first kappa shape index (κ1) is 14.6. The van der Waals surface area contributed by atoms with E-state index in [1.807, 2.05) is 19.9 Å². The number of rotatable bonds is 5. The van der Waals surface area contributed by atoms with Crippen molar-refractivity contribution in [2.24, 2.45) is 0 Å². The summed E-state index contributed by atoms with van der Waals surface area (Å²) in [6, 6.07) is 6.88. The number of thiazole rings is 1. The van der Waals surface area contributed by atoms with Crippen LogP contribution in [-0.4, -0.2) is 9.91 Å². The SMILES string of the molecule is Cc1nc(C)c(C(C)NCc2cccc([N+](=O)[O-])c2)s1. The van der Waals surface area contributed by atoms with Gasteiger partial charge in [0.25, 0.3) is 5.69 Å². The van der Waals surface area contributed by atoms with Crippen LogP contribution in [-0.2, 0) is 6.54 Å². The number of aromatic nitrogens is 1. The third-order valence-electron chi connectivity index (χ3n) is 3.07. The van der Waals surface area contributed by atoms with Gasteiger partial charge in [0.05, 0.1) is 15.6 Å². The van der Waals surface area contributed by atoms with Gasteiger partial charge in [0.1, 0.15) is 0 Å². The molecule has 0 saturated heterocycles. The topological polar surface area (TPSA) is 68.1 Å². The van der Waals surface area contributed by atoms with E-state index in [9.17, 15) is 10.1 Å². The molecule has 0 spiro atoms. The second-order valence-corrected chi connectivity index (χ2v) is 5.95. The highest BCUT2D eigenvalue weighted by Gasteiger charge is 2.13. The molecule has 2 aromatic rings. The summed E-state index contributed by atoms with van der Waals surface area (Å²) in [5.74, 6) is 0. The fourth-order valence-electron chi connectivity index (χ4n) is 2.09. The lowest BCUT2D eigenvalue weighted by molar-refractivity contribution is -0.384. The van der Waals surface area contributed by atoms with Crippen LogP contribution < -0.4 is 5.32 Å². The van der Waals surface area contributed by atoms with E-state index >= 15 is 0 Å². The quantitative estimate of drug-likeness (QED) is 0.676. The molecule has 6 heteroatoms. The highest BCUT2D eigenvalue weighted by atomic mass is 32.1. The Balaban J connectivity index is 2.03. The summed E-state index contributed by atoms with van der Waals surface area (Å²) in [7, 11) is 0. The average Bonchev–Trinajstić information content (AvgIpc) is 2.75. The van der Waals surface area contributed by atoms with Crippen molar-refractivity contribution in [1.82, 2.24) is 10.3 Å². The first-order chi connectivity index (χ1) is 9.47. The van der Waals surface area contributed by atoms with Crippen molar-refractivity contribution >= 4 is 17.0 Å².